The number of carboxylic acids is 1. The quantitative estimate of drug-likeness (QED) is 0.680. The molecule has 3 aromatic rings. The van der Waals surface area contributed by atoms with Crippen molar-refractivity contribution in [3.05, 3.63) is 52.8 Å². The van der Waals surface area contributed by atoms with Gasteiger partial charge in [0.1, 0.15) is 22.2 Å². The number of benzene rings is 2. The average Bonchev–Trinajstić information content (AvgIpc) is 3.07. The van der Waals surface area contributed by atoms with E-state index < -0.39 is 41.0 Å². The monoisotopic (exact) mass is 424 g/mol. The number of carbonyl (C=O) groups is 2. The highest BCUT2D eigenvalue weighted by Crippen LogP contribution is 2.43. The first-order valence-electron chi connectivity index (χ1n) is 8.07. The zero-order valence-electron chi connectivity index (χ0n) is 14.0. The minimum absolute atomic E-state index is 0.0235. The summed E-state index contributed by atoms with van der Waals surface area (Å²) < 4.78 is 42.1. The lowest BCUT2D eigenvalue weighted by Crippen LogP contribution is -2.41. The van der Waals surface area contributed by atoms with E-state index in [1.54, 1.807) is 0 Å². The molecule has 0 fully saturated rings. The van der Waals surface area contributed by atoms with Gasteiger partial charge >= 0.3 is 5.97 Å². The third-order valence-electron chi connectivity index (χ3n) is 4.18. The van der Waals surface area contributed by atoms with Gasteiger partial charge in [-0.05, 0) is 24.3 Å². The number of hydrogen-bond donors (Lipinski definition) is 1. The first-order valence-corrected chi connectivity index (χ1v) is 9.76. The molecule has 0 radical (unpaired) electrons. The van der Waals surface area contributed by atoms with E-state index in [1.807, 2.05) is 0 Å². The van der Waals surface area contributed by atoms with Gasteiger partial charge in [0.05, 0.1) is 33.5 Å². The molecule has 1 N–H and O–H groups in total. The Labute approximate surface area is 164 Å². The Hall–Kier alpha value is -2.59. The fraction of sp³-hybridized carbons (Fsp3) is 0.167. The van der Waals surface area contributed by atoms with E-state index in [-0.39, 0.29) is 32.4 Å². The van der Waals surface area contributed by atoms with Crippen molar-refractivity contribution in [3.63, 3.8) is 0 Å². The molecule has 0 saturated heterocycles. The first kappa shape index (κ1) is 18.8. The smallest absolute Gasteiger partial charge is 0.305 e. The number of anilines is 1. The van der Waals surface area contributed by atoms with Crippen LogP contribution in [0.2, 0.25) is 0 Å². The maximum Gasteiger partial charge on any atom is 0.305 e. The standard InChI is InChI=1S/C18H11F3N2O3S2/c19-8-4-5-10(21)17-15(8)22-13(28-17)7-23-11-3-1-2-9(20)16(11)27-12(18(23)26)6-14(24)25/h1-5,12H,6-7H2,(H,24,25). The Morgan fingerprint density at radius 2 is 1.89 bits per heavy atom. The molecule has 0 spiro atoms. The number of thiazole rings is 1. The molecule has 1 aliphatic rings. The molecule has 1 atom stereocenters. The second-order valence-corrected chi connectivity index (χ2v) is 8.33. The van der Waals surface area contributed by atoms with Gasteiger partial charge in [-0.2, -0.15) is 0 Å². The predicted molar refractivity (Wildman–Crippen MR) is 99.0 cm³/mol. The molecule has 1 amide bonds. The van der Waals surface area contributed by atoms with Crippen molar-refractivity contribution in [1.29, 1.82) is 0 Å². The predicted octanol–water partition coefficient (Wildman–Crippen LogP) is 4.20. The zero-order valence-corrected chi connectivity index (χ0v) is 15.6. The fourth-order valence-corrected chi connectivity index (χ4v) is 5.14. The molecule has 28 heavy (non-hydrogen) atoms. The van der Waals surface area contributed by atoms with Gasteiger partial charge in [0, 0.05) is 0 Å². The maximum absolute atomic E-state index is 14.3. The molecule has 5 nitrogen and oxygen atoms in total. The summed E-state index contributed by atoms with van der Waals surface area (Å²) >= 11 is 1.75. The normalized spacial score (nSPS) is 16.5. The Balaban J connectivity index is 1.76. The third-order valence-corrected chi connectivity index (χ3v) is 6.52. The summed E-state index contributed by atoms with van der Waals surface area (Å²) in [5, 5.41) is 8.31. The molecule has 0 bridgehead atoms. The minimum atomic E-state index is -1.19. The average molecular weight is 424 g/mol. The van der Waals surface area contributed by atoms with Gasteiger partial charge < -0.3 is 10.0 Å². The van der Waals surface area contributed by atoms with Crippen LogP contribution >= 0.6 is 23.1 Å². The van der Waals surface area contributed by atoms with Crippen LogP contribution in [-0.4, -0.2) is 27.2 Å². The highest BCUT2D eigenvalue weighted by molar-refractivity contribution is 8.01. The van der Waals surface area contributed by atoms with Gasteiger partial charge in [-0.1, -0.05) is 6.07 Å². The number of halogens is 3. The van der Waals surface area contributed by atoms with E-state index in [2.05, 4.69) is 4.98 Å². The summed E-state index contributed by atoms with van der Waals surface area (Å²) in [6, 6.07) is 6.16. The van der Waals surface area contributed by atoms with Crippen molar-refractivity contribution in [2.45, 2.75) is 23.1 Å². The number of carboxylic acid groups (broad SMARTS) is 1. The van der Waals surface area contributed by atoms with Gasteiger partial charge in [-0.15, -0.1) is 23.1 Å². The van der Waals surface area contributed by atoms with Crippen LogP contribution in [0.1, 0.15) is 11.4 Å². The third kappa shape index (κ3) is 3.22. The number of thioether (sulfide) groups is 1. The summed E-state index contributed by atoms with van der Waals surface area (Å²) in [5.74, 6) is -3.59. The molecule has 2 aromatic carbocycles. The van der Waals surface area contributed by atoms with Crippen molar-refractivity contribution in [3.8, 4) is 0 Å². The van der Waals surface area contributed by atoms with Crippen LogP contribution in [0.3, 0.4) is 0 Å². The molecule has 0 aliphatic carbocycles. The molecule has 1 aromatic heterocycles. The SMILES string of the molecule is O=C(O)CC1Sc2c(F)cccc2N(Cc2nc3c(F)ccc(F)c3s2)C1=O. The molecule has 2 heterocycles. The highest BCUT2D eigenvalue weighted by Gasteiger charge is 2.37. The van der Waals surface area contributed by atoms with Crippen molar-refractivity contribution < 1.29 is 27.9 Å². The van der Waals surface area contributed by atoms with Crippen molar-refractivity contribution in [2.75, 3.05) is 4.90 Å². The van der Waals surface area contributed by atoms with Gasteiger partial charge in [0.2, 0.25) is 5.91 Å². The maximum atomic E-state index is 14.3. The molecule has 0 saturated carbocycles. The lowest BCUT2D eigenvalue weighted by molar-refractivity contribution is -0.138. The number of hydrogen-bond acceptors (Lipinski definition) is 5. The molecule has 4 rings (SSSR count). The van der Waals surface area contributed by atoms with Gasteiger partial charge in [0.15, 0.2) is 5.82 Å². The van der Waals surface area contributed by atoms with Crippen LogP contribution < -0.4 is 4.90 Å². The van der Waals surface area contributed by atoms with Gasteiger partial charge in [-0.3, -0.25) is 9.59 Å². The van der Waals surface area contributed by atoms with E-state index in [0.29, 0.717) is 0 Å². The molecular formula is C18H11F3N2O3S2. The summed E-state index contributed by atoms with van der Waals surface area (Å²) in [5.41, 5.74) is 0.136. The van der Waals surface area contributed by atoms with E-state index in [4.69, 9.17) is 5.11 Å². The summed E-state index contributed by atoms with van der Waals surface area (Å²) in [6.07, 6.45) is -0.475. The summed E-state index contributed by atoms with van der Waals surface area (Å²) in [7, 11) is 0. The summed E-state index contributed by atoms with van der Waals surface area (Å²) in [6.45, 7) is -0.149. The summed E-state index contributed by atoms with van der Waals surface area (Å²) in [4.78, 5) is 29.4. The Morgan fingerprint density at radius 1 is 1.14 bits per heavy atom. The Morgan fingerprint density at radius 3 is 2.61 bits per heavy atom. The number of rotatable bonds is 4. The van der Waals surface area contributed by atoms with Gasteiger partial charge in [-0.25, -0.2) is 18.2 Å². The number of carbonyl (C=O) groups excluding carboxylic acids is 1. The first-order chi connectivity index (χ1) is 13.3. The van der Waals surface area contributed by atoms with Crippen molar-refractivity contribution in [1.82, 2.24) is 4.98 Å². The molecular weight excluding hydrogens is 413 g/mol. The molecule has 1 aliphatic heterocycles. The lowest BCUT2D eigenvalue weighted by atomic mass is 10.2. The van der Waals surface area contributed by atoms with Crippen LogP contribution in [-0.2, 0) is 16.1 Å². The second kappa shape index (κ2) is 7.10. The lowest BCUT2D eigenvalue weighted by Gasteiger charge is -2.32. The van der Waals surface area contributed by atoms with E-state index in [9.17, 15) is 22.8 Å². The minimum Gasteiger partial charge on any atom is -0.481 e. The van der Waals surface area contributed by atoms with E-state index >= 15 is 0 Å². The van der Waals surface area contributed by atoms with Gasteiger partial charge in [0.25, 0.3) is 0 Å². The fourth-order valence-electron chi connectivity index (χ4n) is 2.95. The van der Waals surface area contributed by atoms with Crippen LogP contribution in [0.5, 0.6) is 0 Å². The molecule has 1 unspecified atom stereocenters. The van der Waals surface area contributed by atoms with Crippen LogP contribution in [0.15, 0.2) is 35.2 Å². The molecule has 10 heteroatoms. The van der Waals surface area contributed by atoms with Crippen LogP contribution in [0.4, 0.5) is 18.9 Å². The number of aromatic nitrogens is 1. The Bertz CT molecular complexity index is 1080. The van der Waals surface area contributed by atoms with E-state index in [0.717, 1.165) is 35.2 Å². The second-order valence-electron chi connectivity index (χ2n) is 6.03. The topological polar surface area (TPSA) is 70.5 Å². The molecule has 144 valence electrons. The number of aliphatic carboxylic acids is 1. The largest absolute Gasteiger partial charge is 0.481 e. The van der Waals surface area contributed by atoms with Crippen LogP contribution in [0, 0.1) is 17.5 Å². The number of amides is 1. The van der Waals surface area contributed by atoms with Crippen LogP contribution in [0.25, 0.3) is 10.2 Å². The van der Waals surface area contributed by atoms with Crippen molar-refractivity contribution in [2.24, 2.45) is 0 Å². The Kier molecular flexibility index (Phi) is 4.76. The number of nitrogens with zero attached hydrogens (tertiary/aromatic N) is 2. The highest BCUT2D eigenvalue weighted by atomic mass is 32.2. The van der Waals surface area contributed by atoms with Crippen molar-refractivity contribution >= 4 is 50.9 Å². The number of fused-ring (bicyclic) bond motifs is 2. The van der Waals surface area contributed by atoms with E-state index in [1.165, 1.54) is 23.1 Å². The zero-order chi connectivity index (χ0) is 20.0.